The number of rotatable bonds is 5. The van der Waals surface area contributed by atoms with Crippen LogP contribution in [0.1, 0.15) is 13.8 Å². The number of thioether (sulfide) groups is 1. The summed E-state index contributed by atoms with van der Waals surface area (Å²) in [5, 5.41) is 0.758. The summed E-state index contributed by atoms with van der Waals surface area (Å²) in [7, 11) is 0. The molecule has 0 radical (unpaired) electrons. The van der Waals surface area contributed by atoms with Gasteiger partial charge in [-0.15, -0.1) is 0 Å². The van der Waals surface area contributed by atoms with Gasteiger partial charge in [-0.25, -0.2) is 0 Å². The van der Waals surface area contributed by atoms with Crippen molar-refractivity contribution in [1.29, 1.82) is 0 Å². The molecule has 1 aliphatic rings. The van der Waals surface area contributed by atoms with Crippen LogP contribution < -0.4 is 0 Å². The van der Waals surface area contributed by atoms with Gasteiger partial charge in [0.25, 0.3) is 0 Å². The lowest BCUT2D eigenvalue weighted by molar-refractivity contribution is 0.101. The fraction of sp³-hybridized carbons (Fsp3) is 1.00. The van der Waals surface area contributed by atoms with Gasteiger partial charge in [0.1, 0.15) is 0 Å². The van der Waals surface area contributed by atoms with Crippen LogP contribution in [-0.4, -0.2) is 54.0 Å². The molecule has 0 aromatic heterocycles. The van der Waals surface area contributed by atoms with Crippen LogP contribution in [0.15, 0.2) is 0 Å². The fourth-order valence-electron chi connectivity index (χ4n) is 1.66. The third-order valence-corrected chi connectivity index (χ3v) is 4.29. The lowest BCUT2D eigenvalue weighted by Crippen LogP contribution is -2.46. The third-order valence-electron chi connectivity index (χ3n) is 2.77. The molecule has 2 atom stereocenters. The summed E-state index contributed by atoms with van der Waals surface area (Å²) in [5.74, 6) is 2.08. The smallest absolute Gasteiger partial charge is 0.0593 e. The van der Waals surface area contributed by atoms with Crippen molar-refractivity contribution in [3.63, 3.8) is 0 Å². The highest BCUT2D eigenvalue weighted by Crippen LogP contribution is 2.23. The van der Waals surface area contributed by atoms with Crippen molar-refractivity contribution in [2.75, 3.05) is 37.8 Å². The highest BCUT2D eigenvalue weighted by atomic mass is 32.2. The predicted octanol–water partition coefficient (Wildman–Crippen LogP) is 1.76. The quantitative estimate of drug-likeness (QED) is 0.576. The molecule has 0 bridgehead atoms. The Morgan fingerprint density at radius 3 is 2.93 bits per heavy atom. The lowest BCUT2D eigenvalue weighted by atomic mass is 10.2. The zero-order valence-corrected chi connectivity index (χ0v) is 10.8. The fourth-order valence-corrected chi connectivity index (χ4v) is 2.95. The molecule has 4 heteroatoms. The van der Waals surface area contributed by atoms with E-state index in [2.05, 4.69) is 43.1 Å². The van der Waals surface area contributed by atoms with Crippen LogP contribution in [0.25, 0.3) is 0 Å². The molecule has 0 saturated carbocycles. The molecular weight excluding hydrogens is 214 g/mol. The minimum absolute atomic E-state index is 0.688. The molecule has 0 aliphatic carbocycles. The topological polar surface area (TPSA) is 12.5 Å². The molecule has 0 aromatic rings. The van der Waals surface area contributed by atoms with Crippen molar-refractivity contribution in [3.8, 4) is 0 Å². The van der Waals surface area contributed by atoms with E-state index in [-0.39, 0.29) is 0 Å². The van der Waals surface area contributed by atoms with Gasteiger partial charge >= 0.3 is 0 Å². The van der Waals surface area contributed by atoms with Crippen molar-refractivity contribution in [2.24, 2.45) is 0 Å². The molecule has 1 saturated heterocycles. The molecule has 1 fully saturated rings. The molecule has 1 rings (SSSR count). The molecule has 0 aromatic carbocycles. The second-order valence-corrected chi connectivity index (χ2v) is 5.62. The zero-order valence-electron chi connectivity index (χ0n) is 9.11. The average Bonchev–Trinajstić information content (AvgIpc) is 2.19. The Morgan fingerprint density at radius 1 is 1.43 bits per heavy atom. The summed E-state index contributed by atoms with van der Waals surface area (Å²) in [6.45, 7) is 8.53. The first-order chi connectivity index (χ1) is 6.75. The maximum atomic E-state index is 5.44. The van der Waals surface area contributed by atoms with E-state index < -0.39 is 0 Å². The second-order valence-electron chi connectivity index (χ2n) is 3.69. The number of hydrogen-bond acceptors (Lipinski definition) is 4. The zero-order chi connectivity index (χ0) is 10.4. The Bertz CT molecular complexity index is 157. The van der Waals surface area contributed by atoms with E-state index >= 15 is 0 Å². The monoisotopic (exact) mass is 235 g/mol. The molecule has 0 spiro atoms. The van der Waals surface area contributed by atoms with Gasteiger partial charge in [0.2, 0.25) is 0 Å². The van der Waals surface area contributed by atoms with Gasteiger partial charge < -0.3 is 4.74 Å². The normalized spacial score (nSPS) is 29.4. The summed E-state index contributed by atoms with van der Waals surface area (Å²) >= 11 is 6.19. The molecule has 0 amide bonds. The molecule has 14 heavy (non-hydrogen) atoms. The number of hydrogen-bond donors (Lipinski definition) is 1. The highest BCUT2D eigenvalue weighted by molar-refractivity contribution is 8.00. The Morgan fingerprint density at radius 2 is 2.21 bits per heavy atom. The van der Waals surface area contributed by atoms with E-state index in [1.807, 2.05) is 0 Å². The minimum Gasteiger partial charge on any atom is -0.379 e. The number of thiol groups is 1. The van der Waals surface area contributed by atoms with E-state index in [0.717, 1.165) is 30.8 Å². The predicted molar refractivity (Wildman–Crippen MR) is 67.6 cm³/mol. The summed E-state index contributed by atoms with van der Waals surface area (Å²) in [6, 6.07) is 0.688. The maximum absolute atomic E-state index is 5.44. The Labute approximate surface area is 97.2 Å². The largest absolute Gasteiger partial charge is 0.379 e. The highest BCUT2D eigenvalue weighted by Gasteiger charge is 2.24. The van der Waals surface area contributed by atoms with Crippen molar-refractivity contribution in [2.45, 2.75) is 25.1 Å². The average molecular weight is 235 g/mol. The van der Waals surface area contributed by atoms with Crippen LogP contribution in [0.2, 0.25) is 0 Å². The SMILES string of the molecule is CC1SCCN(CCOCCS)C1C. The first-order valence-electron chi connectivity index (χ1n) is 5.30. The molecule has 2 nitrogen and oxygen atoms in total. The van der Waals surface area contributed by atoms with Crippen LogP contribution >= 0.6 is 24.4 Å². The van der Waals surface area contributed by atoms with Crippen LogP contribution in [-0.2, 0) is 4.74 Å². The standard InChI is InChI=1S/C10H21NOS2/c1-9-10(2)14-8-4-11(9)3-5-12-6-7-13/h9-10,13H,3-8H2,1-2H3. The van der Waals surface area contributed by atoms with E-state index in [1.165, 1.54) is 12.3 Å². The third kappa shape index (κ3) is 4.01. The van der Waals surface area contributed by atoms with Gasteiger partial charge in [-0.05, 0) is 6.92 Å². The van der Waals surface area contributed by atoms with Crippen molar-refractivity contribution in [3.05, 3.63) is 0 Å². The van der Waals surface area contributed by atoms with Crippen LogP contribution in [0.4, 0.5) is 0 Å². The van der Waals surface area contributed by atoms with Crippen LogP contribution in [0.3, 0.4) is 0 Å². The Hall–Kier alpha value is 0.620. The molecule has 2 unspecified atom stereocenters. The lowest BCUT2D eigenvalue weighted by Gasteiger charge is -2.37. The van der Waals surface area contributed by atoms with Crippen LogP contribution in [0, 0.1) is 0 Å². The van der Waals surface area contributed by atoms with Gasteiger partial charge in [0, 0.05) is 35.9 Å². The van der Waals surface area contributed by atoms with Gasteiger partial charge in [-0.2, -0.15) is 24.4 Å². The summed E-state index contributed by atoms with van der Waals surface area (Å²) < 4.78 is 5.44. The summed E-state index contributed by atoms with van der Waals surface area (Å²) in [6.07, 6.45) is 0. The van der Waals surface area contributed by atoms with E-state index in [1.54, 1.807) is 0 Å². The maximum Gasteiger partial charge on any atom is 0.0593 e. The molecule has 1 aliphatic heterocycles. The molecule has 0 N–H and O–H groups in total. The first kappa shape index (κ1) is 12.7. The van der Waals surface area contributed by atoms with Gasteiger partial charge in [0.15, 0.2) is 0 Å². The minimum atomic E-state index is 0.688. The van der Waals surface area contributed by atoms with Gasteiger partial charge in [-0.1, -0.05) is 6.92 Å². The second kappa shape index (κ2) is 6.99. The van der Waals surface area contributed by atoms with E-state index in [4.69, 9.17) is 4.74 Å². The van der Waals surface area contributed by atoms with Crippen molar-refractivity contribution >= 4 is 24.4 Å². The molecule has 1 heterocycles. The molecule has 84 valence electrons. The van der Waals surface area contributed by atoms with E-state index in [0.29, 0.717) is 6.04 Å². The van der Waals surface area contributed by atoms with Gasteiger partial charge in [0.05, 0.1) is 13.2 Å². The Kier molecular flexibility index (Phi) is 6.33. The first-order valence-corrected chi connectivity index (χ1v) is 6.98. The van der Waals surface area contributed by atoms with Crippen LogP contribution in [0.5, 0.6) is 0 Å². The van der Waals surface area contributed by atoms with Crippen molar-refractivity contribution < 1.29 is 4.74 Å². The van der Waals surface area contributed by atoms with Crippen molar-refractivity contribution in [1.82, 2.24) is 4.90 Å². The summed E-state index contributed by atoms with van der Waals surface area (Å²) in [4.78, 5) is 2.53. The molecular formula is C10H21NOS2. The van der Waals surface area contributed by atoms with Gasteiger partial charge in [-0.3, -0.25) is 4.90 Å². The number of ether oxygens (including phenoxy) is 1. The van der Waals surface area contributed by atoms with E-state index in [9.17, 15) is 0 Å². The Balaban J connectivity index is 2.15. The summed E-state index contributed by atoms with van der Waals surface area (Å²) in [5.41, 5.74) is 0. The number of nitrogens with zero attached hydrogens (tertiary/aromatic N) is 1.